The van der Waals surface area contributed by atoms with Crippen LogP contribution >= 0.6 is 0 Å². The number of hydrogen-bond donors (Lipinski definition) is 2. The van der Waals surface area contributed by atoms with Gasteiger partial charge >= 0.3 is 5.97 Å². The highest BCUT2D eigenvalue weighted by Crippen LogP contribution is 2.40. The van der Waals surface area contributed by atoms with Gasteiger partial charge in [-0.05, 0) is 35.1 Å². The summed E-state index contributed by atoms with van der Waals surface area (Å²) in [5.41, 5.74) is 4.59. The Labute approximate surface area is 196 Å². The van der Waals surface area contributed by atoms with Crippen molar-refractivity contribution in [1.29, 1.82) is 0 Å². The smallest absolute Gasteiger partial charge is 0.310 e. The summed E-state index contributed by atoms with van der Waals surface area (Å²) < 4.78 is 15.9. The van der Waals surface area contributed by atoms with Gasteiger partial charge in [-0.1, -0.05) is 62.4 Å². The fourth-order valence-corrected chi connectivity index (χ4v) is 4.47. The summed E-state index contributed by atoms with van der Waals surface area (Å²) >= 11 is 0. The van der Waals surface area contributed by atoms with Crippen molar-refractivity contribution in [3.63, 3.8) is 0 Å². The van der Waals surface area contributed by atoms with Gasteiger partial charge in [0.05, 0.1) is 11.6 Å². The third-order valence-corrected chi connectivity index (χ3v) is 5.85. The van der Waals surface area contributed by atoms with Crippen LogP contribution in [0.15, 0.2) is 66.9 Å². The summed E-state index contributed by atoms with van der Waals surface area (Å²) in [4.78, 5) is 22.6. The Morgan fingerprint density at radius 2 is 1.76 bits per heavy atom. The molecule has 2 N–H and O–H groups in total. The van der Waals surface area contributed by atoms with E-state index in [2.05, 4.69) is 30.4 Å². The number of hydrogen-bond acceptors (Lipinski definition) is 3. The quantitative estimate of drug-likeness (QED) is 0.325. The molecule has 1 unspecified atom stereocenters. The van der Waals surface area contributed by atoms with E-state index in [-0.39, 0.29) is 18.2 Å². The standard InChI is InChI=1S/C28H26FNO4/c1-17(2)27-24(12-11-21(31)15-22(32)16-25(33)34)26(19-7-9-20(29)10-8-19)28-23-6-4-3-5-18(23)13-14-30(27)28/h3-14,17,21,31H,15-16H2,1-2H3,(H,33,34). The van der Waals surface area contributed by atoms with Gasteiger partial charge in [0.25, 0.3) is 0 Å². The van der Waals surface area contributed by atoms with E-state index >= 15 is 0 Å². The Kier molecular flexibility index (Phi) is 6.61. The van der Waals surface area contributed by atoms with Gasteiger partial charge in [-0.3, -0.25) is 9.59 Å². The molecule has 1 atom stereocenters. The predicted octanol–water partition coefficient (Wildman–Crippen LogP) is 5.83. The van der Waals surface area contributed by atoms with E-state index in [0.717, 1.165) is 38.7 Å². The monoisotopic (exact) mass is 459 g/mol. The Bertz CT molecular complexity index is 1400. The maximum Gasteiger partial charge on any atom is 0.310 e. The molecular weight excluding hydrogens is 433 g/mol. The lowest BCUT2D eigenvalue weighted by atomic mass is 9.95. The lowest BCUT2D eigenvalue weighted by molar-refractivity contribution is -0.140. The van der Waals surface area contributed by atoms with Crippen molar-refractivity contribution in [3.05, 3.63) is 83.9 Å². The first kappa shape index (κ1) is 23.4. The van der Waals surface area contributed by atoms with E-state index in [1.165, 1.54) is 18.2 Å². The van der Waals surface area contributed by atoms with Gasteiger partial charge in [0.15, 0.2) is 0 Å². The van der Waals surface area contributed by atoms with Crippen LogP contribution in [0, 0.1) is 5.82 Å². The minimum atomic E-state index is -1.22. The predicted molar refractivity (Wildman–Crippen MR) is 131 cm³/mol. The largest absolute Gasteiger partial charge is 0.481 e. The summed E-state index contributed by atoms with van der Waals surface area (Å²) in [6, 6.07) is 16.4. The Morgan fingerprint density at radius 1 is 1.06 bits per heavy atom. The Morgan fingerprint density at radius 3 is 2.44 bits per heavy atom. The van der Waals surface area contributed by atoms with E-state index in [4.69, 9.17) is 5.11 Å². The van der Waals surface area contributed by atoms with E-state index in [1.54, 1.807) is 18.2 Å². The molecule has 0 aliphatic rings. The summed E-state index contributed by atoms with van der Waals surface area (Å²) in [6.07, 6.45) is 3.31. The Hall–Kier alpha value is -3.77. The molecule has 4 aromatic rings. The average molecular weight is 460 g/mol. The highest BCUT2D eigenvalue weighted by atomic mass is 19.1. The third kappa shape index (κ3) is 4.63. The number of fused-ring (bicyclic) bond motifs is 3. The molecule has 0 bridgehead atoms. The summed E-state index contributed by atoms with van der Waals surface area (Å²) in [7, 11) is 0. The van der Waals surface area contributed by atoms with Gasteiger partial charge in [-0.25, -0.2) is 4.39 Å². The number of rotatable bonds is 8. The van der Waals surface area contributed by atoms with E-state index < -0.39 is 24.3 Å². The van der Waals surface area contributed by atoms with Gasteiger partial charge in [0.1, 0.15) is 18.0 Å². The van der Waals surface area contributed by atoms with Crippen LogP contribution in [0.2, 0.25) is 0 Å². The van der Waals surface area contributed by atoms with Crippen LogP contribution in [-0.4, -0.2) is 32.5 Å². The number of ketones is 1. The molecule has 5 nitrogen and oxygen atoms in total. The zero-order valence-corrected chi connectivity index (χ0v) is 19.0. The van der Waals surface area contributed by atoms with Crippen molar-refractivity contribution in [2.45, 2.75) is 38.7 Å². The minimum absolute atomic E-state index is 0.119. The number of aliphatic hydroxyl groups is 1. The fraction of sp³-hybridized carbons (Fsp3) is 0.214. The van der Waals surface area contributed by atoms with Crippen molar-refractivity contribution in [2.24, 2.45) is 0 Å². The number of carbonyl (C=O) groups is 2. The van der Waals surface area contributed by atoms with Crippen molar-refractivity contribution < 1.29 is 24.2 Å². The van der Waals surface area contributed by atoms with Crippen LogP contribution in [0.1, 0.15) is 43.9 Å². The third-order valence-electron chi connectivity index (χ3n) is 5.85. The van der Waals surface area contributed by atoms with E-state index in [1.807, 2.05) is 24.4 Å². The average Bonchev–Trinajstić information content (AvgIpc) is 3.12. The number of carboxylic acids is 1. The molecule has 2 aromatic heterocycles. The molecule has 34 heavy (non-hydrogen) atoms. The van der Waals surface area contributed by atoms with Crippen LogP contribution in [0.25, 0.3) is 33.5 Å². The SMILES string of the molecule is CC(C)c1c(C=CC(O)CC(=O)CC(=O)O)c(-c2ccc(F)cc2)c2c3ccccc3ccn12. The molecule has 0 fully saturated rings. The molecule has 0 saturated heterocycles. The van der Waals surface area contributed by atoms with Crippen molar-refractivity contribution in [1.82, 2.24) is 4.40 Å². The lowest BCUT2D eigenvalue weighted by Gasteiger charge is -2.10. The second kappa shape index (κ2) is 9.61. The maximum atomic E-state index is 13.7. The molecule has 2 aromatic carbocycles. The number of carboxylic acid groups (broad SMARTS) is 1. The second-order valence-electron chi connectivity index (χ2n) is 8.70. The van der Waals surface area contributed by atoms with Crippen molar-refractivity contribution in [3.8, 4) is 11.1 Å². The molecular formula is C28H26FNO4. The number of Topliss-reactive ketones (excluding diaryl/α,β-unsaturated/α-hetero) is 1. The number of aliphatic hydroxyl groups excluding tert-OH is 1. The number of carbonyl (C=O) groups excluding carboxylic acids is 1. The molecule has 174 valence electrons. The highest BCUT2D eigenvalue weighted by molar-refractivity contribution is 6.06. The molecule has 0 spiro atoms. The minimum Gasteiger partial charge on any atom is -0.481 e. The summed E-state index contributed by atoms with van der Waals surface area (Å²) in [6.45, 7) is 4.16. The van der Waals surface area contributed by atoms with Gasteiger partial charge < -0.3 is 14.6 Å². The van der Waals surface area contributed by atoms with Crippen molar-refractivity contribution >= 4 is 34.1 Å². The Balaban J connectivity index is 1.94. The van der Waals surface area contributed by atoms with Gasteiger partial charge in [0, 0.05) is 34.8 Å². The topological polar surface area (TPSA) is 79.0 Å². The zero-order valence-electron chi connectivity index (χ0n) is 19.0. The first-order valence-corrected chi connectivity index (χ1v) is 11.2. The second-order valence-corrected chi connectivity index (χ2v) is 8.70. The first-order chi connectivity index (χ1) is 16.3. The summed E-state index contributed by atoms with van der Waals surface area (Å²) in [5, 5.41) is 21.3. The molecule has 4 rings (SSSR count). The van der Waals surface area contributed by atoms with Crippen LogP contribution in [0.5, 0.6) is 0 Å². The van der Waals surface area contributed by atoms with Crippen LogP contribution in [-0.2, 0) is 9.59 Å². The zero-order chi connectivity index (χ0) is 24.4. The molecule has 2 heterocycles. The van der Waals surface area contributed by atoms with Crippen LogP contribution < -0.4 is 0 Å². The van der Waals surface area contributed by atoms with Crippen LogP contribution in [0.3, 0.4) is 0 Å². The number of nitrogens with zero attached hydrogens (tertiary/aromatic N) is 1. The molecule has 0 aliphatic carbocycles. The molecule has 0 saturated carbocycles. The van der Waals surface area contributed by atoms with Gasteiger partial charge in [-0.2, -0.15) is 0 Å². The molecule has 0 aliphatic heterocycles. The number of pyridine rings is 1. The number of aromatic nitrogens is 1. The van der Waals surface area contributed by atoms with Gasteiger partial charge in [0.2, 0.25) is 0 Å². The number of aliphatic carboxylic acids is 1. The fourth-order valence-electron chi connectivity index (χ4n) is 4.47. The van der Waals surface area contributed by atoms with Crippen LogP contribution in [0.4, 0.5) is 4.39 Å². The normalized spacial score (nSPS) is 12.7. The molecule has 6 heteroatoms. The van der Waals surface area contributed by atoms with Crippen molar-refractivity contribution in [2.75, 3.05) is 0 Å². The first-order valence-electron chi connectivity index (χ1n) is 11.2. The lowest BCUT2D eigenvalue weighted by Crippen LogP contribution is -2.14. The maximum absolute atomic E-state index is 13.7. The molecule has 0 radical (unpaired) electrons. The van der Waals surface area contributed by atoms with E-state index in [9.17, 15) is 19.1 Å². The highest BCUT2D eigenvalue weighted by Gasteiger charge is 2.22. The molecule has 0 amide bonds. The summed E-state index contributed by atoms with van der Waals surface area (Å²) in [5.74, 6) is -1.97. The van der Waals surface area contributed by atoms with E-state index in [0.29, 0.717) is 0 Å². The van der Waals surface area contributed by atoms with Gasteiger partial charge in [-0.15, -0.1) is 0 Å². The number of halogens is 1. The number of benzene rings is 2.